The molecule has 0 spiro atoms. The van der Waals surface area contributed by atoms with Gasteiger partial charge in [0, 0.05) is 18.2 Å². The van der Waals surface area contributed by atoms with Crippen LogP contribution < -0.4 is 4.90 Å². The minimum absolute atomic E-state index is 0.0924. The molecular weight excluding hydrogens is 381 g/mol. The van der Waals surface area contributed by atoms with Gasteiger partial charge in [-0.1, -0.05) is 53.5 Å². The number of carbonyl (C=O) groups is 1. The van der Waals surface area contributed by atoms with Gasteiger partial charge in [-0.25, -0.2) is 4.98 Å². The number of nitrogens with one attached hydrogen (secondary N) is 1. The molecule has 4 aromatic rings. The number of rotatable bonds is 3. The maximum absolute atomic E-state index is 12.9. The second kappa shape index (κ2) is 7.06. The second-order valence-electron chi connectivity index (χ2n) is 6.12. The second-order valence-corrected chi connectivity index (χ2v) is 6.93. The van der Waals surface area contributed by atoms with E-state index in [2.05, 4.69) is 9.97 Å². The summed E-state index contributed by atoms with van der Waals surface area (Å²) in [6.07, 6.45) is 0. The smallest absolute Gasteiger partial charge is 0.258 e. The van der Waals surface area contributed by atoms with Crippen LogP contribution in [-0.4, -0.2) is 22.9 Å². The van der Waals surface area contributed by atoms with Gasteiger partial charge in [-0.05, 0) is 36.4 Å². The number of carbonyl (C=O) groups excluding carboxylic acids is 1. The number of H-pyrrole nitrogens is 1. The minimum atomic E-state index is -0.0924. The first kappa shape index (κ1) is 17.6. The standard InChI is InChI=1S/C21H15Cl2N3O/c1-26(21(27)13-7-3-2-4-8-13)19-10-6-5-9-14(19)20-24-17-11-15(22)16(23)12-18(17)25-20/h2-12H,1H3,(H,24,25). The van der Waals surface area contributed by atoms with Gasteiger partial charge in [0.25, 0.3) is 5.91 Å². The molecule has 0 saturated carbocycles. The van der Waals surface area contributed by atoms with Crippen LogP contribution in [-0.2, 0) is 0 Å². The van der Waals surface area contributed by atoms with Gasteiger partial charge < -0.3 is 9.88 Å². The Morgan fingerprint density at radius 1 is 0.963 bits per heavy atom. The van der Waals surface area contributed by atoms with Crippen LogP contribution in [0.1, 0.15) is 10.4 Å². The van der Waals surface area contributed by atoms with Gasteiger partial charge in [-0.15, -0.1) is 0 Å². The zero-order valence-electron chi connectivity index (χ0n) is 14.4. The van der Waals surface area contributed by atoms with E-state index in [4.69, 9.17) is 23.2 Å². The van der Waals surface area contributed by atoms with Crippen molar-refractivity contribution >= 4 is 45.8 Å². The van der Waals surface area contributed by atoms with Crippen LogP contribution in [0, 0.1) is 0 Å². The van der Waals surface area contributed by atoms with E-state index in [0.29, 0.717) is 26.9 Å². The van der Waals surface area contributed by atoms with E-state index in [0.717, 1.165) is 16.8 Å². The van der Waals surface area contributed by atoms with Gasteiger partial charge >= 0.3 is 0 Å². The van der Waals surface area contributed by atoms with Gasteiger partial charge in [0.15, 0.2) is 0 Å². The number of anilines is 1. The molecule has 0 fully saturated rings. The number of amides is 1. The normalized spacial score (nSPS) is 10.9. The Morgan fingerprint density at radius 3 is 2.41 bits per heavy atom. The summed E-state index contributed by atoms with van der Waals surface area (Å²) in [5.41, 5.74) is 3.69. The number of hydrogen-bond acceptors (Lipinski definition) is 2. The molecule has 0 bridgehead atoms. The first-order valence-electron chi connectivity index (χ1n) is 8.32. The average Bonchev–Trinajstić information content (AvgIpc) is 3.10. The maximum atomic E-state index is 12.9. The molecule has 0 aliphatic heterocycles. The van der Waals surface area contributed by atoms with Crippen LogP contribution in [0.2, 0.25) is 10.0 Å². The summed E-state index contributed by atoms with van der Waals surface area (Å²) in [5.74, 6) is 0.553. The van der Waals surface area contributed by atoms with Crippen LogP contribution in [0.5, 0.6) is 0 Å². The van der Waals surface area contributed by atoms with E-state index in [9.17, 15) is 4.79 Å². The Balaban J connectivity index is 1.78. The van der Waals surface area contributed by atoms with Gasteiger partial charge in [-0.2, -0.15) is 0 Å². The highest BCUT2D eigenvalue weighted by Gasteiger charge is 2.18. The topological polar surface area (TPSA) is 49.0 Å². The lowest BCUT2D eigenvalue weighted by Crippen LogP contribution is -2.26. The molecular formula is C21H15Cl2N3O. The third-order valence-electron chi connectivity index (χ3n) is 4.37. The fourth-order valence-corrected chi connectivity index (χ4v) is 3.30. The molecule has 3 aromatic carbocycles. The van der Waals surface area contributed by atoms with E-state index in [1.807, 2.05) is 42.5 Å². The molecule has 1 N–H and O–H groups in total. The monoisotopic (exact) mass is 395 g/mol. The predicted molar refractivity (Wildman–Crippen MR) is 111 cm³/mol. The molecule has 4 nitrogen and oxygen atoms in total. The lowest BCUT2D eigenvalue weighted by atomic mass is 10.1. The number of para-hydroxylation sites is 1. The predicted octanol–water partition coefficient (Wildman–Crippen LogP) is 5.81. The molecule has 6 heteroatoms. The van der Waals surface area contributed by atoms with E-state index < -0.39 is 0 Å². The van der Waals surface area contributed by atoms with Crippen LogP contribution in [0.15, 0.2) is 66.7 Å². The molecule has 0 atom stereocenters. The van der Waals surface area contributed by atoms with Gasteiger partial charge in [0.2, 0.25) is 0 Å². The van der Waals surface area contributed by atoms with E-state index in [1.54, 1.807) is 36.2 Å². The van der Waals surface area contributed by atoms with Crippen LogP contribution >= 0.6 is 23.2 Å². The van der Waals surface area contributed by atoms with Crippen molar-refractivity contribution < 1.29 is 4.79 Å². The average molecular weight is 396 g/mol. The Bertz CT molecular complexity index is 1100. The molecule has 0 radical (unpaired) electrons. The molecule has 0 aliphatic rings. The summed E-state index contributed by atoms with van der Waals surface area (Å²) < 4.78 is 0. The van der Waals surface area contributed by atoms with Crippen molar-refractivity contribution in [2.45, 2.75) is 0 Å². The third-order valence-corrected chi connectivity index (χ3v) is 5.09. The first-order chi connectivity index (χ1) is 13.0. The van der Waals surface area contributed by atoms with Gasteiger partial charge in [-0.3, -0.25) is 4.79 Å². The third kappa shape index (κ3) is 3.29. The Hall–Kier alpha value is -2.82. The van der Waals surface area contributed by atoms with Crippen LogP contribution in [0.3, 0.4) is 0 Å². The van der Waals surface area contributed by atoms with Crippen LogP contribution in [0.4, 0.5) is 5.69 Å². The molecule has 1 heterocycles. The summed E-state index contributed by atoms with van der Waals surface area (Å²) >= 11 is 12.2. The number of aromatic nitrogens is 2. The molecule has 1 amide bonds. The summed E-state index contributed by atoms with van der Waals surface area (Å²) in [5, 5.41) is 0.913. The molecule has 0 unspecified atom stereocenters. The number of halogens is 2. The maximum Gasteiger partial charge on any atom is 0.258 e. The first-order valence-corrected chi connectivity index (χ1v) is 9.07. The highest BCUT2D eigenvalue weighted by Crippen LogP contribution is 2.33. The summed E-state index contributed by atoms with van der Waals surface area (Å²) in [6, 6.07) is 20.3. The molecule has 134 valence electrons. The fraction of sp³-hybridized carbons (Fsp3) is 0.0476. The van der Waals surface area contributed by atoms with Gasteiger partial charge in [0.05, 0.1) is 26.8 Å². The van der Waals surface area contributed by atoms with Crippen molar-refractivity contribution in [2.24, 2.45) is 0 Å². The molecule has 4 rings (SSSR count). The molecule has 1 aromatic heterocycles. The summed E-state index contributed by atoms with van der Waals surface area (Å²) in [6.45, 7) is 0. The Labute approximate surface area is 166 Å². The van der Waals surface area contributed by atoms with Crippen molar-refractivity contribution in [3.63, 3.8) is 0 Å². The number of hydrogen-bond donors (Lipinski definition) is 1. The quantitative estimate of drug-likeness (QED) is 0.475. The molecule has 0 aliphatic carbocycles. The minimum Gasteiger partial charge on any atom is -0.338 e. The number of benzene rings is 3. The van der Waals surface area contributed by atoms with Crippen molar-refractivity contribution in [3.8, 4) is 11.4 Å². The van der Waals surface area contributed by atoms with Crippen molar-refractivity contribution in [2.75, 3.05) is 11.9 Å². The van der Waals surface area contributed by atoms with E-state index >= 15 is 0 Å². The fourth-order valence-electron chi connectivity index (χ4n) is 2.98. The largest absolute Gasteiger partial charge is 0.338 e. The number of imidazole rings is 1. The lowest BCUT2D eigenvalue weighted by Gasteiger charge is -2.20. The van der Waals surface area contributed by atoms with E-state index in [1.165, 1.54) is 0 Å². The highest BCUT2D eigenvalue weighted by molar-refractivity contribution is 6.42. The van der Waals surface area contributed by atoms with Gasteiger partial charge in [0.1, 0.15) is 5.82 Å². The van der Waals surface area contributed by atoms with Crippen LogP contribution in [0.25, 0.3) is 22.4 Å². The number of fused-ring (bicyclic) bond motifs is 1. The van der Waals surface area contributed by atoms with Crippen molar-refractivity contribution in [1.29, 1.82) is 0 Å². The lowest BCUT2D eigenvalue weighted by molar-refractivity contribution is 0.0993. The van der Waals surface area contributed by atoms with Crippen molar-refractivity contribution in [3.05, 3.63) is 82.3 Å². The molecule has 0 saturated heterocycles. The summed E-state index contributed by atoms with van der Waals surface area (Å²) in [7, 11) is 1.75. The zero-order chi connectivity index (χ0) is 19.0. The Morgan fingerprint density at radius 2 is 1.63 bits per heavy atom. The SMILES string of the molecule is CN(C(=O)c1ccccc1)c1ccccc1-c1nc2cc(Cl)c(Cl)cc2[nH]1. The number of nitrogens with zero attached hydrogens (tertiary/aromatic N) is 2. The van der Waals surface area contributed by atoms with E-state index in [-0.39, 0.29) is 5.91 Å². The number of aromatic amines is 1. The molecule has 27 heavy (non-hydrogen) atoms. The highest BCUT2D eigenvalue weighted by atomic mass is 35.5. The Kier molecular flexibility index (Phi) is 4.60. The van der Waals surface area contributed by atoms with Crippen molar-refractivity contribution in [1.82, 2.24) is 9.97 Å². The zero-order valence-corrected chi connectivity index (χ0v) is 15.9. The summed E-state index contributed by atoms with van der Waals surface area (Å²) in [4.78, 5) is 22.4.